The lowest BCUT2D eigenvalue weighted by atomic mass is 10.0. The van der Waals surface area contributed by atoms with E-state index in [2.05, 4.69) is 36.8 Å². The van der Waals surface area contributed by atoms with Gasteiger partial charge in [-0.25, -0.2) is 14.8 Å². The van der Waals surface area contributed by atoms with Crippen LogP contribution in [0.1, 0.15) is 24.7 Å². The molecule has 1 aliphatic rings. The monoisotopic (exact) mass is 353 g/mol. The molecule has 0 radical (unpaired) electrons. The van der Waals surface area contributed by atoms with Gasteiger partial charge in [0, 0.05) is 18.9 Å². The first-order valence-corrected chi connectivity index (χ1v) is 8.34. The predicted octanol–water partition coefficient (Wildman–Crippen LogP) is -0.0412. The molecule has 1 amide bonds. The van der Waals surface area contributed by atoms with Gasteiger partial charge in [0.15, 0.2) is 0 Å². The summed E-state index contributed by atoms with van der Waals surface area (Å²) in [5.74, 6) is -0.413. The Labute approximate surface area is 149 Å². The molecule has 1 saturated heterocycles. The van der Waals surface area contributed by atoms with E-state index in [0.717, 1.165) is 11.3 Å². The summed E-state index contributed by atoms with van der Waals surface area (Å²) in [5, 5.41) is 18.5. The molecule has 0 bridgehead atoms. The molecule has 0 saturated carbocycles. The largest absolute Gasteiger partial charge is 0.349 e. The molecular formula is C16H19N9O. The second-order valence-corrected chi connectivity index (χ2v) is 6.11. The number of carbonyl (C=O) groups excluding carboxylic acids is 1. The lowest BCUT2D eigenvalue weighted by molar-refractivity contribution is -0.126. The van der Waals surface area contributed by atoms with Gasteiger partial charge in [0.25, 0.3) is 0 Å². The van der Waals surface area contributed by atoms with E-state index in [-0.39, 0.29) is 24.0 Å². The van der Waals surface area contributed by atoms with Gasteiger partial charge >= 0.3 is 0 Å². The number of carbonyl (C=O) groups is 1. The number of rotatable bonds is 5. The van der Waals surface area contributed by atoms with Crippen LogP contribution in [0.15, 0.2) is 49.1 Å². The normalized spacial score (nSPS) is 20.8. The standard InChI is InChI=1S/C16H19N9O/c1-11(12-5-2-3-6-14(12)24-8-4-7-19-24)20-16(26)13-9-17-21-15(13)25-10-18-22-23-25/h2-8,10-11,13,15,17,21H,9H2,1H3,(H,20,26). The van der Waals surface area contributed by atoms with Crippen molar-refractivity contribution in [1.29, 1.82) is 0 Å². The van der Waals surface area contributed by atoms with Gasteiger partial charge in [-0.3, -0.25) is 10.2 Å². The Bertz CT molecular complexity index is 862. The fourth-order valence-corrected chi connectivity index (χ4v) is 3.14. The molecule has 10 heteroatoms. The molecule has 1 aliphatic heterocycles. The molecule has 134 valence electrons. The molecule has 3 heterocycles. The van der Waals surface area contributed by atoms with Gasteiger partial charge in [0.05, 0.1) is 17.6 Å². The molecule has 10 nitrogen and oxygen atoms in total. The molecule has 4 rings (SSSR count). The molecule has 1 aromatic carbocycles. The van der Waals surface area contributed by atoms with E-state index in [4.69, 9.17) is 0 Å². The first-order valence-electron chi connectivity index (χ1n) is 8.34. The Morgan fingerprint density at radius 1 is 1.35 bits per heavy atom. The molecular weight excluding hydrogens is 334 g/mol. The SMILES string of the molecule is CC(NC(=O)C1CNNC1n1cnnn1)c1ccccc1-n1cccn1. The topological polar surface area (TPSA) is 115 Å². The quantitative estimate of drug-likeness (QED) is 0.589. The van der Waals surface area contributed by atoms with Gasteiger partial charge in [-0.05, 0) is 35.0 Å². The van der Waals surface area contributed by atoms with E-state index in [1.165, 1.54) is 11.0 Å². The Kier molecular flexibility index (Phi) is 4.42. The fraction of sp³-hybridized carbons (Fsp3) is 0.312. The minimum Gasteiger partial charge on any atom is -0.349 e. The average molecular weight is 353 g/mol. The number of hydrogen-bond acceptors (Lipinski definition) is 7. The van der Waals surface area contributed by atoms with Crippen LogP contribution in [0.5, 0.6) is 0 Å². The number of hydrazine groups is 1. The number of tetrazole rings is 1. The van der Waals surface area contributed by atoms with Crippen molar-refractivity contribution in [3.63, 3.8) is 0 Å². The Hall–Kier alpha value is -3.11. The second kappa shape index (κ2) is 7.02. The van der Waals surface area contributed by atoms with Crippen molar-refractivity contribution in [3.8, 4) is 5.69 Å². The van der Waals surface area contributed by atoms with Gasteiger partial charge in [0.1, 0.15) is 12.5 Å². The Morgan fingerprint density at radius 3 is 3.00 bits per heavy atom. The predicted molar refractivity (Wildman–Crippen MR) is 91.6 cm³/mol. The Balaban J connectivity index is 1.52. The van der Waals surface area contributed by atoms with Crippen LogP contribution in [0.2, 0.25) is 0 Å². The zero-order chi connectivity index (χ0) is 17.9. The highest BCUT2D eigenvalue weighted by Crippen LogP contribution is 2.23. The lowest BCUT2D eigenvalue weighted by Gasteiger charge is -2.22. The maximum atomic E-state index is 12.8. The van der Waals surface area contributed by atoms with Crippen molar-refractivity contribution in [1.82, 2.24) is 46.2 Å². The van der Waals surface area contributed by atoms with Crippen molar-refractivity contribution >= 4 is 5.91 Å². The number of aromatic nitrogens is 6. The van der Waals surface area contributed by atoms with Crippen molar-refractivity contribution in [2.24, 2.45) is 5.92 Å². The molecule has 26 heavy (non-hydrogen) atoms. The summed E-state index contributed by atoms with van der Waals surface area (Å²) in [6.07, 6.45) is 4.76. The van der Waals surface area contributed by atoms with Crippen LogP contribution in [0, 0.1) is 5.92 Å². The summed E-state index contributed by atoms with van der Waals surface area (Å²) in [4.78, 5) is 12.8. The molecule has 3 N–H and O–H groups in total. The van der Waals surface area contributed by atoms with Gasteiger partial charge in [-0.2, -0.15) is 5.10 Å². The van der Waals surface area contributed by atoms with Crippen LogP contribution in [-0.4, -0.2) is 42.4 Å². The first kappa shape index (κ1) is 16.4. The number of amides is 1. The highest BCUT2D eigenvalue weighted by molar-refractivity contribution is 5.80. The first-order chi connectivity index (χ1) is 12.7. The molecule has 2 aromatic heterocycles. The van der Waals surface area contributed by atoms with Gasteiger partial charge < -0.3 is 5.32 Å². The number of benzene rings is 1. The molecule has 3 unspecified atom stereocenters. The highest BCUT2D eigenvalue weighted by Gasteiger charge is 2.35. The average Bonchev–Trinajstić information content (AvgIpc) is 3.43. The van der Waals surface area contributed by atoms with Crippen LogP contribution in [0.4, 0.5) is 0 Å². The maximum absolute atomic E-state index is 12.8. The van der Waals surface area contributed by atoms with Gasteiger partial charge in [0.2, 0.25) is 5.91 Å². The van der Waals surface area contributed by atoms with E-state index < -0.39 is 0 Å². The zero-order valence-corrected chi connectivity index (χ0v) is 14.1. The summed E-state index contributed by atoms with van der Waals surface area (Å²) in [6.45, 7) is 2.45. The van der Waals surface area contributed by atoms with Gasteiger partial charge in [-0.1, -0.05) is 18.2 Å². The van der Waals surface area contributed by atoms with Crippen molar-refractivity contribution in [2.75, 3.05) is 6.54 Å². The number of nitrogens with one attached hydrogen (secondary N) is 3. The fourth-order valence-electron chi connectivity index (χ4n) is 3.14. The van der Waals surface area contributed by atoms with Crippen molar-refractivity contribution < 1.29 is 4.79 Å². The van der Waals surface area contributed by atoms with Crippen LogP contribution in [-0.2, 0) is 4.79 Å². The smallest absolute Gasteiger partial charge is 0.228 e. The van der Waals surface area contributed by atoms with Crippen molar-refractivity contribution in [3.05, 3.63) is 54.6 Å². The van der Waals surface area contributed by atoms with Crippen LogP contribution in [0.3, 0.4) is 0 Å². The van der Waals surface area contributed by atoms with E-state index in [1.54, 1.807) is 10.9 Å². The third-order valence-electron chi connectivity index (χ3n) is 4.45. The van der Waals surface area contributed by atoms with E-state index in [0.29, 0.717) is 6.54 Å². The molecule has 3 aromatic rings. The summed E-state index contributed by atoms with van der Waals surface area (Å²) in [7, 11) is 0. The molecule has 3 atom stereocenters. The lowest BCUT2D eigenvalue weighted by Crippen LogP contribution is -2.39. The third kappa shape index (κ3) is 3.07. The highest BCUT2D eigenvalue weighted by atomic mass is 16.2. The summed E-state index contributed by atoms with van der Waals surface area (Å²) in [5.41, 5.74) is 7.95. The van der Waals surface area contributed by atoms with E-state index in [1.807, 2.05) is 43.5 Å². The summed E-state index contributed by atoms with van der Waals surface area (Å²) in [6, 6.07) is 9.56. The van der Waals surface area contributed by atoms with Gasteiger partial charge in [-0.15, -0.1) is 5.10 Å². The molecule has 1 fully saturated rings. The molecule has 0 spiro atoms. The number of para-hydroxylation sites is 1. The third-order valence-corrected chi connectivity index (χ3v) is 4.45. The zero-order valence-electron chi connectivity index (χ0n) is 14.1. The summed E-state index contributed by atoms with van der Waals surface area (Å²) < 4.78 is 3.33. The number of nitrogens with zero attached hydrogens (tertiary/aromatic N) is 6. The van der Waals surface area contributed by atoms with Crippen molar-refractivity contribution in [2.45, 2.75) is 19.1 Å². The molecule has 0 aliphatic carbocycles. The Morgan fingerprint density at radius 2 is 2.23 bits per heavy atom. The second-order valence-electron chi connectivity index (χ2n) is 6.11. The van der Waals surface area contributed by atoms with Crippen LogP contribution >= 0.6 is 0 Å². The van der Waals surface area contributed by atoms with E-state index in [9.17, 15) is 4.79 Å². The minimum absolute atomic E-state index is 0.0780. The van der Waals surface area contributed by atoms with Crippen LogP contribution in [0.25, 0.3) is 5.69 Å². The maximum Gasteiger partial charge on any atom is 0.228 e. The van der Waals surface area contributed by atoms with E-state index >= 15 is 0 Å². The number of hydrogen-bond donors (Lipinski definition) is 3. The van der Waals surface area contributed by atoms with Crippen LogP contribution < -0.4 is 16.2 Å². The minimum atomic E-state index is -0.335. The summed E-state index contributed by atoms with van der Waals surface area (Å²) >= 11 is 0.